The van der Waals surface area contributed by atoms with Crippen molar-refractivity contribution in [1.82, 2.24) is 0 Å². The Balaban J connectivity index is 0.819. The molecule has 0 radical (unpaired) electrons. The van der Waals surface area contributed by atoms with Gasteiger partial charge in [-0.05, 0) is 166 Å². The van der Waals surface area contributed by atoms with Gasteiger partial charge in [-0.15, -0.1) is 22.7 Å². The molecule has 0 fully saturated rings. The van der Waals surface area contributed by atoms with E-state index in [4.69, 9.17) is 9.47 Å². The molecule has 0 bridgehead atoms. The van der Waals surface area contributed by atoms with Gasteiger partial charge in [0, 0.05) is 77.6 Å². The quantitative estimate of drug-likeness (QED) is 0.0630. The van der Waals surface area contributed by atoms with Crippen molar-refractivity contribution in [2.24, 2.45) is 0 Å². The number of rotatable bonds is 18. The minimum Gasteiger partial charge on any atom is -0.469 e. The number of hydrogen-bond donors (Lipinski definition) is 0. The lowest BCUT2D eigenvalue weighted by molar-refractivity contribution is -0.141. The first-order valence-electron chi connectivity index (χ1n) is 26.1. The Morgan fingerprint density at radius 3 is 1.00 bits per heavy atom. The van der Waals surface area contributed by atoms with E-state index in [1.165, 1.54) is 66.4 Å². The Hall–Kier alpha value is -9.08. The van der Waals surface area contributed by atoms with Gasteiger partial charge in [0.2, 0.25) is 0 Å². The Morgan fingerprint density at radius 1 is 0.359 bits per heavy atom. The molecule has 9 aromatic carbocycles. The fraction of sp³-hybridized carbons (Fsp3) is 0.0857. The fourth-order valence-electron chi connectivity index (χ4n) is 10.0. The zero-order valence-corrected chi connectivity index (χ0v) is 45.1. The summed E-state index contributed by atoms with van der Waals surface area (Å²) in [7, 11) is 2.86. The molecule has 0 saturated carbocycles. The monoisotopic (exact) mass is 1050 g/mol. The first-order chi connectivity index (χ1) is 38.4. The number of anilines is 6. The van der Waals surface area contributed by atoms with Gasteiger partial charge in [-0.25, -0.2) is 0 Å². The van der Waals surface area contributed by atoms with E-state index in [9.17, 15) is 9.59 Å². The maximum absolute atomic E-state index is 11.8. The maximum atomic E-state index is 11.8. The van der Waals surface area contributed by atoms with Gasteiger partial charge in [-0.3, -0.25) is 9.59 Å². The lowest BCUT2D eigenvalue weighted by Gasteiger charge is -2.25. The molecule has 11 rings (SSSR count). The Bertz CT molecular complexity index is 3590. The highest BCUT2D eigenvalue weighted by Crippen LogP contribution is 2.47. The van der Waals surface area contributed by atoms with Crippen LogP contribution in [0.15, 0.2) is 231 Å². The van der Waals surface area contributed by atoms with E-state index in [1.54, 1.807) is 0 Å². The number of nitrogens with zero attached hydrogens (tertiary/aromatic N) is 2. The predicted molar refractivity (Wildman–Crippen MR) is 329 cm³/mol. The molecule has 0 N–H and O–H groups in total. The highest BCUT2D eigenvalue weighted by molar-refractivity contribution is 7.17. The van der Waals surface area contributed by atoms with E-state index < -0.39 is 0 Å². The third-order valence-electron chi connectivity index (χ3n) is 14.0. The standard InChI is InChI=1S/C70H56N2O4S2/c1-75-67(73)47-31-51-25-37-57(38-26-51)71(53-13-5-3-6-14-53)55-33-21-49(22-34-55)29-41-59-43-45-65(77-59)69-61-17-9-11-19-63(61)70(64-20-12-10-18-62(64)69)66-46-44-60(78-66)42-30-50-23-35-56(36-24-50)72(54-15-7-4-8-16-54)58-39-27-52(28-40-58)32-48-68(74)76-2/h3-30,33-46H,31-32,47-48H2,1-2H3/b41-29+,42-30+. The molecule has 6 nitrogen and oxygen atoms in total. The predicted octanol–water partition coefficient (Wildman–Crippen LogP) is 18.9. The summed E-state index contributed by atoms with van der Waals surface area (Å²) in [4.78, 5) is 32.9. The number of hydrogen-bond acceptors (Lipinski definition) is 8. The molecule has 0 aliphatic rings. The molecule has 382 valence electrons. The third kappa shape index (κ3) is 11.5. The van der Waals surface area contributed by atoms with E-state index in [-0.39, 0.29) is 11.9 Å². The summed E-state index contributed by atoms with van der Waals surface area (Å²) >= 11 is 3.63. The molecular weight excluding hydrogens is 997 g/mol. The Labute approximate surface area is 464 Å². The Morgan fingerprint density at radius 2 is 0.667 bits per heavy atom. The van der Waals surface area contributed by atoms with Crippen LogP contribution in [-0.4, -0.2) is 26.2 Å². The molecule has 11 aromatic rings. The number of ether oxygens (including phenoxy) is 2. The molecule has 78 heavy (non-hydrogen) atoms. The normalized spacial score (nSPS) is 11.4. The number of carbonyl (C=O) groups is 2. The van der Waals surface area contributed by atoms with Crippen molar-refractivity contribution in [1.29, 1.82) is 0 Å². The van der Waals surface area contributed by atoms with Crippen molar-refractivity contribution in [2.45, 2.75) is 25.7 Å². The average molecular weight is 1050 g/mol. The van der Waals surface area contributed by atoms with Crippen molar-refractivity contribution in [3.05, 3.63) is 263 Å². The largest absolute Gasteiger partial charge is 0.469 e. The molecular formula is C70H56N2O4S2. The van der Waals surface area contributed by atoms with E-state index in [0.717, 1.165) is 56.4 Å². The fourth-order valence-corrected chi connectivity index (χ4v) is 12.0. The van der Waals surface area contributed by atoms with Crippen LogP contribution in [0.25, 0.3) is 66.7 Å². The van der Waals surface area contributed by atoms with Crippen LogP contribution in [0.1, 0.15) is 44.8 Å². The minimum atomic E-state index is -0.204. The topological polar surface area (TPSA) is 59.1 Å². The summed E-state index contributed by atoms with van der Waals surface area (Å²) in [5.41, 5.74) is 13.3. The zero-order valence-electron chi connectivity index (χ0n) is 43.4. The second-order valence-electron chi connectivity index (χ2n) is 18.9. The van der Waals surface area contributed by atoms with E-state index in [2.05, 4.69) is 252 Å². The van der Waals surface area contributed by atoms with Crippen LogP contribution in [0.4, 0.5) is 34.1 Å². The lowest BCUT2D eigenvalue weighted by Crippen LogP contribution is -2.10. The Kier molecular flexibility index (Phi) is 15.6. The van der Waals surface area contributed by atoms with Crippen LogP contribution in [0.2, 0.25) is 0 Å². The van der Waals surface area contributed by atoms with Crippen LogP contribution in [0.3, 0.4) is 0 Å². The van der Waals surface area contributed by atoms with Gasteiger partial charge < -0.3 is 19.3 Å². The van der Waals surface area contributed by atoms with Crippen LogP contribution < -0.4 is 9.80 Å². The SMILES string of the molecule is COC(=O)CCc1ccc(N(c2ccccc2)c2ccc(/C=C/c3ccc(-c4c5ccccc5c(-c5ccc(/C=C/c6ccc(N(c7ccccc7)c7ccc(CCC(=O)OC)cc7)cc6)s5)c5ccccc45)s3)cc2)cc1. The number of carbonyl (C=O) groups excluding carboxylic acids is 2. The summed E-state index contributed by atoms with van der Waals surface area (Å²) in [6.07, 6.45) is 10.8. The molecule has 0 spiro atoms. The molecule has 2 heterocycles. The molecule has 0 amide bonds. The molecule has 0 atom stereocenters. The second kappa shape index (κ2) is 23.9. The molecule has 0 aliphatic heterocycles. The summed E-state index contributed by atoms with van der Waals surface area (Å²) in [6, 6.07) is 81.7. The summed E-state index contributed by atoms with van der Waals surface area (Å²) in [6.45, 7) is 0. The first-order valence-corrected chi connectivity index (χ1v) is 27.7. The van der Waals surface area contributed by atoms with Crippen molar-refractivity contribution in [2.75, 3.05) is 24.0 Å². The number of para-hydroxylation sites is 2. The van der Waals surface area contributed by atoms with Gasteiger partial charge >= 0.3 is 11.9 Å². The van der Waals surface area contributed by atoms with E-state index in [1.807, 2.05) is 34.8 Å². The summed E-state index contributed by atoms with van der Waals surface area (Å²) in [5, 5.41) is 4.95. The number of aryl methyl sites for hydroxylation is 2. The van der Waals surface area contributed by atoms with Crippen LogP contribution >= 0.6 is 22.7 Å². The number of thiophene rings is 2. The smallest absolute Gasteiger partial charge is 0.305 e. The molecule has 0 unspecified atom stereocenters. The maximum Gasteiger partial charge on any atom is 0.305 e. The number of benzene rings is 9. The van der Waals surface area contributed by atoms with Crippen LogP contribution in [0, 0.1) is 0 Å². The minimum absolute atomic E-state index is 0.204. The summed E-state index contributed by atoms with van der Waals surface area (Å²) < 4.78 is 9.70. The van der Waals surface area contributed by atoms with Crippen molar-refractivity contribution in [3.8, 4) is 20.9 Å². The molecule has 8 heteroatoms. The average Bonchev–Trinajstić information content (AvgIpc) is 4.20. The molecule has 0 aliphatic carbocycles. The van der Waals surface area contributed by atoms with E-state index >= 15 is 0 Å². The highest BCUT2D eigenvalue weighted by atomic mass is 32.1. The zero-order chi connectivity index (χ0) is 53.2. The van der Waals surface area contributed by atoms with Gasteiger partial charge in [0.05, 0.1) is 14.2 Å². The first kappa shape index (κ1) is 51.0. The van der Waals surface area contributed by atoms with E-state index in [0.29, 0.717) is 25.7 Å². The summed E-state index contributed by atoms with van der Waals surface area (Å²) in [5.74, 6) is -0.407. The molecule has 0 saturated heterocycles. The van der Waals surface area contributed by atoms with Crippen LogP contribution in [-0.2, 0) is 31.9 Å². The van der Waals surface area contributed by atoms with Gasteiger partial charge in [0.15, 0.2) is 0 Å². The van der Waals surface area contributed by atoms with Crippen molar-refractivity contribution >= 4 is 115 Å². The number of esters is 2. The van der Waals surface area contributed by atoms with Crippen molar-refractivity contribution in [3.63, 3.8) is 0 Å². The van der Waals surface area contributed by atoms with Crippen molar-refractivity contribution < 1.29 is 19.1 Å². The number of methoxy groups -OCH3 is 2. The van der Waals surface area contributed by atoms with Gasteiger partial charge in [-0.1, -0.05) is 146 Å². The second-order valence-corrected chi connectivity index (χ2v) is 21.2. The molecule has 2 aromatic heterocycles. The number of fused-ring (bicyclic) bond motifs is 2. The van der Waals surface area contributed by atoms with Gasteiger partial charge in [-0.2, -0.15) is 0 Å². The lowest BCUT2D eigenvalue weighted by atomic mass is 9.90. The van der Waals surface area contributed by atoms with Gasteiger partial charge in [0.25, 0.3) is 0 Å². The highest BCUT2D eigenvalue weighted by Gasteiger charge is 2.19. The third-order valence-corrected chi connectivity index (χ3v) is 16.1. The van der Waals surface area contributed by atoms with Gasteiger partial charge in [0.1, 0.15) is 0 Å². The van der Waals surface area contributed by atoms with Crippen LogP contribution in [0.5, 0.6) is 0 Å².